The van der Waals surface area contributed by atoms with Crippen LogP contribution in [0.25, 0.3) is 0 Å². The van der Waals surface area contributed by atoms with Crippen molar-refractivity contribution >= 4 is 5.78 Å². The van der Waals surface area contributed by atoms with Gasteiger partial charge in [-0.15, -0.1) is 0 Å². The third kappa shape index (κ3) is 1.29. The number of fused-ring (bicyclic) bond motifs is 1. The van der Waals surface area contributed by atoms with Crippen LogP contribution in [-0.4, -0.2) is 25.3 Å². The Morgan fingerprint density at radius 1 is 1.33 bits per heavy atom. The Morgan fingerprint density at radius 2 is 2.07 bits per heavy atom. The lowest BCUT2D eigenvalue weighted by Crippen LogP contribution is -2.54. The van der Waals surface area contributed by atoms with E-state index in [9.17, 15) is 4.79 Å². The zero-order valence-corrected chi connectivity index (χ0v) is 9.20. The number of carbonyl (C=O) groups excluding carboxylic acids is 1. The molecule has 0 aromatic carbocycles. The molecule has 1 heterocycles. The van der Waals surface area contributed by atoms with E-state index in [1.807, 2.05) is 0 Å². The zero-order chi connectivity index (χ0) is 10.5. The van der Waals surface area contributed by atoms with E-state index in [0.29, 0.717) is 30.8 Å². The number of carbonyl (C=O) groups is 1. The van der Waals surface area contributed by atoms with E-state index >= 15 is 0 Å². The Balaban J connectivity index is 1.81. The van der Waals surface area contributed by atoms with Gasteiger partial charge in [-0.3, -0.25) is 4.79 Å². The molecular formula is C12H18O3. The van der Waals surface area contributed by atoms with Gasteiger partial charge in [-0.25, -0.2) is 0 Å². The molecule has 3 fully saturated rings. The minimum atomic E-state index is -0.0570. The van der Waals surface area contributed by atoms with Crippen LogP contribution in [0.15, 0.2) is 0 Å². The summed E-state index contributed by atoms with van der Waals surface area (Å²) in [4.78, 5) is 11.5. The molecular weight excluding hydrogens is 192 g/mol. The first-order chi connectivity index (χ1) is 7.22. The van der Waals surface area contributed by atoms with Crippen LogP contribution in [0.3, 0.4) is 0 Å². The van der Waals surface area contributed by atoms with Gasteiger partial charge in [-0.1, -0.05) is 13.3 Å². The van der Waals surface area contributed by atoms with Crippen LogP contribution in [-0.2, 0) is 14.3 Å². The van der Waals surface area contributed by atoms with Gasteiger partial charge in [0.05, 0.1) is 13.2 Å². The number of ketones is 1. The molecule has 3 nitrogen and oxygen atoms in total. The number of Topliss-reactive ketones (excluding diaryl/α,β-unsaturated/α-hetero) is 1. The van der Waals surface area contributed by atoms with Gasteiger partial charge in [-0.2, -0.15) is 0 Å². The minimum absolute atomic E-state index is 0.0570. The van der Waals surface area contributed by atoms with E-state index in [2.05, 4.69) is 6.92 Å². The van der Waals surface area contributed by atoms with Crippen LogP contribution < -0.4 is 0 Å². The van der Waals surface area contributed by atoms with Gasteiger partial charge in [0.2, 0.25) is 0 Å². The Hall–Kier alpha value is -0.410. The lowest BCUT2D eigenvalue weighted by molar-refractivity contribution is -0.191. The monoisotopic (exact) mass is 210 g/mol. The number of ether oxygens (including phenoxy) is 2. The Bertz CT molecular complexity index is 283. The highest BCUT2D eigenvalue weighted by molar-refractivity contribution is 5.87. The summed E-state index contributed by atoms with van der Waals surface area (Å²) in [6.45, 7) is 3.67. The molecule has 84 valence electrons. The molecule has 3 atom stereocenters. The fourth-order valence-electron chi connectivity index (χ4n) is 3.55. The maximum absolute atomic E-state index is 11.5. The average molecular weight is 210 g/mol. The molecule has 2 aliphatic carbocycles. The molecule has 0 unspecified atom stereocenters. The number of hydrogen-bond acceptors (Lipinski definition) is 3. The van der Waals surface area contributed by atoms with Gasteiger partial charge in [0.25, 0.3) is 0 Å². The molecule has 0 amide bonds. The van der Waals surface area contributed by atoms with E-state index in [-0.39, 0.29) is 11.7 Å². The summed E-state index contributed by atoms with van der Waals surface area (Å²) < 4.78 is 11.3. The molecule has 3 rings (SSSR count). The largest absolute Gasteiger partial charge is 0.350 e. The molecule has 0 aromatic heterocycles. The lowest BCUT2D eigenvalue weighted by Gasteiger charge is -2.52. The second-order valence-electron chi connectivity index (χ2n) is 5.35. The van der Waals surface area contributed by atoms with Crippen molar-refractivity contribution in [3.63, 3.8) is 0 Å². The average Bonchev–Trinajstić information content (AvgIpc) is 2.73. The Labute approximate surface area is 90.1 Å². The SMILES string of the molecule is C[C@]1(C2OCCO2)CCC[C@@H]2C(=O)C[C@@H]21. The van der Waals surface area contributed by atoms with Gasteiger partial charge in [-0.05, 0) is 18.8 Å². The van der Waals surface area contributed by atoms with E-state index in [1.165, 1.54) is 0 Å². The van der Waals surface area contributed by atoms with Crippen molar-refractivity contribution in [2.45, 2.75) is 38.9 Å². The van der Waals surface area contributed by atoms with E-state index in [0.717, 1.165) is 25.7 Å². The molecule has 0 spiro atoms. The van der Waals surface area contributed by atoms with Crippen molar-refractivity contribution in [3.05, 3.63) is 0 Å². The highest BCUT2D eigenvalue weighted by Crippen LogP contribution is 2.55. The molecule has 3 heteroatoms. The van der Waals surface area contributed by atoms with Crippen LogP contribution in [0.5, 0.6) is 0 Å². The first-order valence-corrected chi connectivity index (χ1v) is 5.98. The first-order valence-electron chi connectivity index (χ1n) is 5.98. The van der Waals surface area contributed by atoms with Crippen LogP contribution >= 0.6 is 0 Å². The standard InChI is InChI=1S/C12H18O3/c1-12(11-14-5-6-15-11)4-2-3-8-9(12)7-10(8)13/h8-9,11H,2-7H2,1H3/t8-,9-,12-/m0/s1. The van der Waals surface area contributed by atoms with Crippen molar-refractivity contribution in [2.75, 3.05) is 13.2 Å². The zero-order valence-electron chi connectivity index (χ0n) is 9.20. The topological polar surface area (TPSA) is 35.5 Å². The van der Waals surface area contributed by atoms with Crippen LogP contribution in [0, 0.1) is 17.3 Å². The molecule has 2 saturated carbocycles. The molecule has 0 N–H and O–H groups in total. The first kappa shape index (κ1) is 9.79. The van der Waals surface area contributed by atoms with Crippen molar-refractivity contribution < 1.29 is 14.3 Å². The van der Waals surface area contributed by atoms with Crippen LogP contribution in [0.4, 0.5) is 0 Å². The minimum Gasteiger partial charge on any atom is -0.350 e. The van der Waals surface area contributed by atoms with Crippen molar-refractivity contribution in [1.82, 2.24) is 0 Å². The fraction of sp³-hybridized carbons (Fsp3) is 0.917. The normalized spacial score (nSPS) is 46.3. The summed E-state index contributed by atoms with van der Waals surface area (Å²) in [7, 11) is 0. The third-order valence-corrected chi connectivity index (χ3v) is 4.56. The third-order valence-electron chi connectivity index (χ3n) is 4.56. The second-order valence-corrected chi connectivity index (χ2v) is 5.35. The predicted octanol–water partition coefficient (Wildman–Crippen LogP) is 1.75. The smallest absolute Gasteiger partial charge is 0.163 e. The number of hydrogen-bond donors (Lipinski definition) is 0. The summed E-state index contributed by atoms with van der Waals surface area (Å²) in [5.74, 6) is 1.29. The molecule has 0 radical (unpaired) electrons. The quantitative estimate of drug-likeness (QED) is 0.661. The van der Waals surface area contributed by atoms with Gasteiger partial charge in [0.1, 0.15) is 5.78 Å². The van der Waals surface area contributed by atoms with Crippen LogP contribution in [0.1, 0.15) is 32.6 Å². The molecule has 3 aliphatic rings. The van der Waals surface area contributed by atoms with E-state index in [1.54, 1.807) is 0 Å². The molecule has 1 saturated heterocycles. The predicted molar refractivity (Wildman–Crippen MR) is 54.3 cm³/mol. The van der Waals surface area contributed by atoms with Gasteiger partial charge >= 0.3 is 0 Å². The van der Waals surface area contributed by atoms with Crippen molar-refractivity contribution in [1.29, 1.82) is 0 Å². The van der Waals surface area contributed by atoms with Gasteiger partial charge in [0, 0.05) is 17.8 Å². The molecule has 1 aliphatic heterocycles. The summed E-state index contributed by atoms with van der Waals surface area (Å²) in [6, 6.07) is 0. The summed E-state index contributed by atoms with van der Waals surface area (Å²) >= 11 is 0. The highest BCUT2D eigenvalue weighted by atomic mass is 16.7. The Morgan fingerprint density at radius 3 is 2.73 bits per heavy atom. The summed E-state index contributed by atoms with van der Waals surface area (Å²) in [6.07, 6.45) is 4.08. The molecule has 0 bridgehead atoms. The van der Waals surface area contributed by atoms with E-state index in [4.69, 9.17) is 9.47 Å². The van der Waals surface area contributed by atoms with Gasteiger partial charge in [0.15, 0.2) is 6.29 Å². The maximum Gasteiger partial charge on any atom is 0.163 e. The molecule has 15 heavy (non-hydrogen) atoms. The fourth-order valence-corrected chi connectivity index (χ4v) is 3.55. The highest BCUT2D eigenvalue weighted by Gasteiger charge is 2.56. The Kier molecular flexibility index (Phi) is 2.15. The van der Waals surface area contributed by atoms with Crippen molar-refractivity contribution in [2.24, 2.45) is 17.3 Å². The second kappa shape index (κ2) is 3.29. The lowest BCUT2D eigenvalue weighted by atomic mass is 9.53. The maximum atomic E-state index is 11.5. The number of rotatable bonds is 1. The summed E-state index contributed by atoms with van der Waals surface area (Å²) in [5.41, 5.74) is 0.0906. The summed E-state index contributed by atoms with van der Waals surface area (Å²) in [5, 5.41) is 0. The van der Waals surface area contributed by atoms with Gasteiger partial charge < -0.3 is 9.47 Å². The van der Waals surface area contributed by atoms with E-state index < -0.39 is 0 Å². The van der Waals surface area contributed by atoms with Crippen LogP contribution in [0.2, 0.25) is 0 Å². The molecule has 0 aromatic rings. The van der Waals surface area contributed by atoms with Crippen molar-refractivity contribution in [3.8, 4) is 0 Å².